The van der Waals surface area contributed by atoms with Crippen LogP contribution in [0.15, 0.2) is 0 Å². The summed E-state index contributed by atoms with van der Waals surface area (Å²) in [7, 11) is 2.14. The van der Waals surface area contributed by atoms with Crippen molar-refractivity contribution < 1.29 is 9.90 Å². The van der Waals surface area contributed by atoms with Gasteiger partial charge >= 0.3 is 5.97 Å². The maximum absolute atomic E-state index is 11.2. The summed E-state index contributed by atoms with van der Waals surface area (Å²) in [5.74, 6) is 0.350. The van der Waals surface area contributed by atoms with E-state index in [-0.39, 0.29) is 0 Å². The SMILES string of the molecule is CN1CCCC1Cc1nnc2n1CCCC2C(=O)O. The number of carboxylic acid groups (broad SMARTS) is 1. The van der Waals surface area contributed by atoms with Gasteiger partial charge in [0.15, 0.2) is 0 Å². The van der Waals surface area contributed by atoms with Crippen LogP contribution in [0.4, 0.5) is 0 Å². The Balaban J connectivity index is 1.82. The van der Waals surface area contributed by atoms with Crippen LogP contribution in [0.25, 0.3) is 0 Å². The van der Waals surface area contributed by atoms with Gasteiger partial charge < -0.3 is 14.6 Å². The van der Waals surface area contributed by atoms with E-state index in [4.69, 9.17) is 0 Å². The third kappa shape index (κ3) is 2.25. The van der Waals surface area contributed by atoms with Crippen molar-refractivity contribution in [2.24, 2.45) is 0 Å². The van der Waals surface area contributed by atoms with Crippen LogP contribution in [0.3, 0.4) is 0 Å². The van der Waals surface area contributed by atoms with Gasteiger partial charge in [0, 0.05) is 19.0 Å². The van der Waals surface area contributed by atoms with Crippen LogP contribution in [0.2, 0.25) is 0 Å². The number of aliphatic carboxylic acids is 1. The summed E-state index contributed by atoms with van der Waals surface area (Å²) in [6.07, 6.45) is 4.89. The fourth-order valence-electron chi connectivity index (χ4n) is 3.27. The van der Waals surface area contributed by atoms with Gasteiger partial charge in [-0.15, -0.1) is 10.2 Å². The highest BCUT2D eigenvalue weighted by atomic mass is 16.4. The van der Waals surface area contributed by atoms with Gasteiger partial charge in [-0.25, -0.2) is 0 Å². The molecule has 6 heteroatoms. The summed E-state index contributed by atoms with van der Waals surface area (Å²) in [5, 5.41) is 17.6. The Kier molecular flexibility index (Phi) is 3.26. The summed E-state index contributed by atoms with van der Waals surface area (Å²) in [4.78, 5) is 13.6. The molecule has 19 heavy (non-hydrogen) atoms. The largest absolute Gasteiger partial charge is 0.481 e. The summed E-state index contributed by atoms with van der Waals surface area (Å²) in [5.41, 5.74) is 0. The Morgan fingerprint density at radius 1 is 1.32 bits per heavy atom. The number of nitrogens with zero attached hydrogens (tertiary/aromatic N) is 4. The molecule has 0 radical (unpaired) electrons. The Morgan fingerprint density at radius 2 is 2.11 bits per heavy atom. The quantitative estimate of drug-likeness (QED) is 0.877. The molecule has 0 aliphatic carbocycles. The van der Waals surface area contributed by atoms with Gasteiger partial charge in [0.1, 0.15) is 17.6 Å². The molecule has 3 rings (SSSR count). The monoisotopic (exact) mass is 264 g/mol. The molecule has 0 saturated carbocycles. The van der Waals surface area contributed by atoms with Gasteiger partial charge in [0.2, 0.25) is 0 Å². The summed E-state index contributed by atoms with van der Waals surface area (Å²) < 4.78 is 2.04. The van der Waals surface area contributed by atoms with Gasteiger partial charge in [-0.05, 0) is 39.3 Å². The molecule has 1 N–H and O–H groups in total. The maximum atomic E-state index is 11.2. The number of rotatable bonds is 3. The van der Waals surface area contributed by atoms with E-state index in [9.17, 15) is 9.90 Å². The molecular formula is C13H20N4O2. The standard InChI is InChI=1S/C13H20N4O2/c1-16-6-2-4-9(16)8-11-14-15-12-10(13(18)19)5-3-7-17(11)12/h9-10H,2-8H2,1H3,(H,18,19). The normalized spacial score (nSPS) is 27.4. The minimum Gasteiger partial charge on any atom is -0.481 e. The van der Waals surface area contributed by atoms with E-state index < -0.39 is 11.9 Å². The van der Waals surface area contributed by atoms with Gasteiger partial charge in [-0.3, -0.25) is 4.79 Å². The van der Waals surface area contributed by atoms with E-state index in [0.29, 0.717) is 18.3 Å². The zero-order valence-corrected chi connectivity index (χ0v) is 11.2. The molecule has 1 aromatic rings. The molecule has 6 nitrogen and oxygen atoms in total. The number of likely N-dealkylation sites (tertiary alicyclic amines) is 1. The molecule has 2 atom stereocenters. The molecule has 0 bridgehead atoms. The number of aromatic nitrogens is 3. The second kappa shape index (κ2) is 4.92. The maximum Gasteiger partial charge on any atom is 0.314 e. The first-order valence-electron chi connectivity index (χ1n) is 7.02. The summed E-state index contributed by atoms with van der Waals surface area (Å²) in [6.45, 7) is 2.00. The number of carbonyl (C=O) groups is 1. The van der Waals surface area contributed by atoms with Crippen molar-refractivity contribution >= 4 is 5.97 Å². The van der Waals surface area contributed by atoms with Crippen molar-refractivity contribution in [2.45, 2.75) is 50.6 Å². The van der Waals surface area contributed by atoms with Crippen molar-refractivity contribution in [3.05, 3.63) is 11.6 Å². The molecule has 3 heterocycles. The molecular weight excluding hydrogens is 244 g/mol. The summed E-state index contributed by atoms with van der Waals surface area (Å²) >= 11 is 0. The zero-order valence-electron chi connectivity index (χ0n) is 11.2. The average molecular weight is 264 g/mol. The predicted molar refractivity (Wildman–Crippen MR) is 69.0 cm³/mol. The third-order valence-electron chi connectivity index (χ3n) is 4.43. The molecule has 0 spiro atoms. The van der Waals surface area contributed by atoms with Crippen molar-refractivity contribution in [3.8, 4) is 0 Å². The highest BCUT2D eigenvalue weighted by Crippen LogP contribution is 2.28. The number of fused-ring (bicyclic) bond motifs is 1. The minimum atomic E-state index is -0.780. The van der Waals surface area contributed by atoms with Crippen LogP contribution >= 0.6 is 0 Å². The van der Waals surface area contributed by atoms with Crippen molar-refractivity contribution in [3.63, 3.8) is 0 Å². The summed E-state index contributed by atoms with van der Waals surface area (Å²) in [6, 6.07) is 0.526. The van der Waals surface area contributed by atoms with Crippen LogP contribution in [0.1, 0.15) is 43.3 Å². The Bertz CT molecular complexity index is 485. The van der Waals surface area contributed by atoms with E-state index >= 15 is 0 Å². The first-order valence-corrected chi connectivity index (χ1v) is 7.02. The lowest BCUT2D eigenvalue weighted by Gasteiger charge is -2.23. The number of hydrogen-bond donors (Lipinski definition) is 1. The fraction of sp³-hybridized carbons (Fsp3) is 0.769. The second-order valence-electron chi connectivity index (χ2n) is 5.64. The topological polar surface area (TPSA) is 71.2 Å². The average Bonchev–Trinajstić information content (AvgIpc) is 2.97. The predicted octanol–water partition coefficient (Wildman–Crippen LogP) is 0.877. The minimum absolute atomic E-state index is 0.476. The molecule has 1 fully saturated rings. The second-order valence-corrected chi connectivity index (χ2v) is 5.64. The van der Waals surface area contributed by atoms with E-state index in [1.54, 1.807) is 0 Å². The van der Waals surface area contributed by atoms with E-state index in [0.717, 1.165) is 31.8 Å². The van der Waals surface area contributed by atoms with Gasteiger partial charge in [0.25, 0.3) is 0 Å². The van der Waals surface area contributed by atoms with Crippen LogP contribution in [0, 0.1) is 0 Å². The molecule has 1 saturated heterocycles. The zero-order chi connectivity index (χ0) is 13.4. The van der Waals surface area contributed by atoms with Crippen molar-refractivity contribution in [2.75, 3.05) is 13.6 Å². The molecule has 104 valence electrons. The molecule has 1 aromatic heterocycles. The molecule has 2 aliphatic heterocycles. The highest BCUT2D eigenvalue weighted by molar-refractivity contribution is 5.75. The number of carboxylic acids is 1. The first-order chi connectivity index (χ1) is 9.16. The van der Waals surface area contributed by atoms with Crippen molar-refractivity contribution in [1.29, 1.82) is 0 Å². The molecule has 0 amide bonds. The third-order valence-corrected chi connectivity index (χ3v) is 4.43. The van der Waals surface area contributed by atoms with Crippen LogP contribution in [-0.2, 0) is 17.8 Å². The number of likely N-dealkylation sites (N-methyl/N-ethyl adjacent to an activating group) is 1. The molecule has 0 aromatic carbocycles. The Hall–Kier alpha value is -1.43. The highest BCUT2D eigenvalue weighted by Gasteiger charge is 2.32. The van der Waals surface area contributed by atoms with Crippen LogP contribution < -0.4 is 0 Å². The van der Waals surface area contributed by atoms with Gasteiger partial charge in [0.05, 0.1) is 0 Å². The van der Waals surface area contributed by atoms with Gasteiger partial charge in [-0.1, -0.05) is 0 Å². The van der Waals surface area contributed by atoms with Crippen molar-refractivity contribution in [1.82, 2.24) is 19.7 Å². The Labute approximate surface area is 112 Å². The van der Waals surface area contributed by atoms with E-state index in [2.05, 4.69) is 22.1 Å². The lowest BCUT2D eigenvalue weighted by Crippen LogP contribution is -2.29. The number of hydrogen-bond acceptors (Lipinski definition) is 4. The van der Waals surface area contributed by atoms with Gasteiger partial charge in [-0.2, -0.15) is 0 Å². The smallest absolute Gasteiger partial charge is 0.314 e. The molecule has 2 unspecified atom stereocenters. The van der Waals surface area contributed by atoms with E-state index in [1.165, 1.54) is 12.8 Å². The van der Waals surface area contributed by atoms with Crippen LogP contribution in [0.5, 0.6) is 0 Å². The van der Waals surface area contributed by atoms with Crippen LogP contribution in [-0.4, -0.2) is 50.4 Å². The lowest BCUT2D eigenvalue weighted by molar-refractivity contribution is -0.139. The first kappa shape index (κ1) is 12.6. The fourth-order valence-corrected chi connectivity index (χ4v) is 3.27. The lowest BCUT2D eigenvalue weighted by atomic mass is 9.99. The Morgan fingerprint density at radius 3 is 2.79 bits per heavy atom. The molecule has 2 aliphatic rings. The van der Waals surface area contributed by atoms with E-state index in [1.807, 2.05) is 4.57 Å².